The minimum Gasteiger partial charge on any atom is -0.478 e. The van der Waals surface area contributed by atoms with E-state index in [4.69, 9.17) is 10.2 Å². The summed E-state index contributed by atoms with van der Waals surface area (Å²) in [7, 11) is 0. The lowest BCUT2D eigenvalue weighted by Crippen LogP contribution is -1.91. The van der Waals surface area contributed by atoms with E-state index in [-0.39, 0.29) is 0 Å². The van der Waals surface area contributed by atoms with Crippen molar-refractivity contribution in [2.75, 3.05) is 0 Å². The van der Waals surface area contributed by atoms with Gasteiger partial charge in [0.2, 0.25) is 0 Å². The maximum atomic E-state index is 9.55. The van der Waals surface area contributed by atoms with Gasteiger partial charge < -0.3 is 14.7 Å². The number of hydrogen-bond donors (Lipinski definition) is 2. The van der Waals surface area contributed by atoms with E-state index < -0.39 is 11.9 Å². The lowest BCUT2D eigenvalue weighted by Gasteiger charge is -1.74. The van der Waals surface area contributed by atoms with Gasteiger partial charge in [-0.25, -0.2) is 9.59 Å². The molecule has 0 spiro atoms. The minimum absolute atomic E-state index is 0.558. The fraction of sp³-hybridized carbons (Fsp3) is 0. The molecule has 0 aliphatic carbocycles. The van der Waals surface area contributed by atoms with Crippen LogP contribution in [-0.4, -0.2) is 27.3 Å². The van der Waals surface area contributed by atoms with E-state index >= 15 is 0 Å². The van der Waals surface area contributed by atoms with E-state index in [0.29, 0.717) is 12.2 Å². The van der Waals surface area contributed by atoms with Gasteiger partial charge in [0.25, 0.3) is 0 Å². The van der Waals surface area contributed by atoms with E-state index in [0.717, 1.165) is 0 Å². The molecule has 0 atom stereocenters. The lowest BCUT2D eigenvalue weighted by molar-refractivity contribution is -0.134. The number of carbonyl (C=O) groups is 2. The molecule has 0 saturated carbocycles. The molecule has 0 amide bonds. The van der Waals surface area contributed by atoms with Crippen LogP contribution in [0.5, 0.6) is 0 Å². The average Bonchev–Trinajstić information content (AvgIpc) is 2.57. The lowest BCUT2D eigenvalue weighted by atomic mass is 10.5. The van der Waals surface area contributed by atoms with Crippen LogP contribution in [0.2, 0.25) is 0 Å². The van der Waals surface area contributed by atoms with Crippen molar-refractivity contribution in [2.24, 2.45) is 0 Å². The summed E-state index contributed by atoms with van der Waals surface area (Å²) in [5.74, 6) is -2.51. The third-order valence-corrected chi connectivity index (χ3v) is 0.716. The number of aromatic nitrogens is 1. The van der Waals surface area contributed by atoms with Crippen LogP contribution in [0.3, 0.4) is 0 Å². The van der Waals surface area contributed by atoms with E-state index in [1.165, 1.54) is 6.26 Å². The smallest absolute Gasteiger partial charge is 0.328 e. The van der Waals surface area contributed by atoms with Crippen molar-refractivity contribution in [3.63, 3.8) is 0 Å². The van der Waals surface area contributed by atoms with E-state index in [9.17, 15) is 9.59 Å². The van der Waals surface area contributed by atoms with Gasteiger partial charge in [-0.1, -0.05) is 5.16 Å². The van der Waals surface area contributed by atoms with Crippen LogP contribution < -0.4 is 0 Å². The van der Waals surface area contributed by atoms with Crippen molar-refractivity contribution in [1.82, 2.24) is 5.16 Å². The van der Waals surface area contributed by atoms with E-state index in [1.807, 2.05) is 0 Å². The maximum Gasteiger partial charge on any atom is 0.328 e. The monoisotopic (exact) mass is 185 g/mol. The Morgan fingerprint density at radius 3 is 1.92 bits per heavy atom. The van der Waals surface area contributed by atoms with Crippen molar-refractivity contribution >= 4 is 11.9 Å². The van der Waals surface area contributed by atoms with Crippen molar-refractivity contribution in [3.05, 3.63) is 30.7 Å². The summed E-state index contributed by atoms with van der Waals surface area (Å²) in [6, 6.07) is 1.72. The Morgan fingerprint density at radius 2 is 1.77 bits per heavy atom. The van der Waals surface area contributed by atoms with Gasteiger partial charge in [-0.05, 0) is 6.07 Å². The first-order valence-electron chi connectivity index (χ1n) is 3.11. The summed E-state index contributed by atoms with van der Waals surface area (Å²) in [6.45, 7) is 0. The number of aliphatic carboxylic acids is 2. The highest BCUT2D eigenvalue weighted by Crippen LogP contribution is 1.72. The van der Waals surface area contributed by atoms with Crippen LogP contribution in [0.15, 0.2) is 35.2 Å². The van der Waals surface area contributed by atoms with Gasteiger partial charge in [-0.3, -0.25) is 0 Å². The molecule has 0 radical (unpaired) electrons. The van der Waals surface area contributed by atoms with Gasteiger partial charge in [0, 0.05) is 12.2 Å². The van der Waals surface area contributed by atoms with Crippen LogP contribution >= 0.6 is 0 Å². The quantitative estimate of drug-likeness (QED) is 0.646. The SMILES string of the molecule is O=C(O)/C=C/C(=O)O.c1cnoc1. The molecular formula is C7H7NO5. The fourth-order valence-electron chi connectivity index (χ4n) is 0.318. The van der Waals surface area contributed by atoms with Crippen LogP contribution in [0.4, 0.5) is 0 Å². The fourth-order valence-corrected chi connectivity index (χ4v) is 0.318. The highest BCUT2D eigenvalue weighted by Gasteiger charge is 1.88. The second kappa shape index (κ2) is 6.59. The van der Waals surface area contributed by atoms with Gasteiger partial charge >= 0.3 is 11.9 Å². The largest absolute Gasteiger partial charge is 0.478 e. The molecule has 1 heterocycles. The minimum atomic E-state index is -1.26. The summed E-state index contributed by atoms with van der Waals surface area (Å²) >= 11 is 0. The Hall–Kier alpha value is -2.11. The van der Waals surface area contributed by atoms with E-state index in [2.05, 4.69) is 9.68 Å². The van der Waals surface area contributed by atoms with Gasteiger partial charge in [0.1, 0.15) is 6.26 Å². The molecule has 0 aliphatic heterocycles. The molecule has 0 aliphatic rings. The molecule has 0 fully saturated rings. The maximum absolute atomic E-state index is 9.55. The first-order valence-corrected chi connectivity index (χ1v) is 3.11. The number of rotatable bonds is 2. The molecular weight excluding hydrogens is 178 g/mol. The predicted molar refractivity (Wildman–Crippen MR) is 40.9 cm³/mol. The topological polar surface area (TPSA) is 101 Å². The number of nitrogens with zero attached hydrogens (tertiary/aromatic N) is 1. The van der Waals surface area contributed by atoms with Gasteiger partial charge in [-0.2, -0.15) is 0 Å². The summed E-state index contributed by atoms with van der Waals surface area (Å²) in [6.07, 6.45) is 4.21. The second-order valence-corrected chi connectivity index (χ2v) is 1.70. The van der Waals surface area contributed by atoms with Crippen LogP contribution in [0, 0.1) is 0 Å². The Labute approximate surface area is 73.1 Å². The summed E-state index contributed by atoms with van der Waals surface area (Å²) in [5.41, 5.74) is 0. The van der Waals surface area contributed by atoms with Gasteiger partial charge in [0.15, 0.2) is 0 Å². The predicted octanol–water partition coefficient (Wildman–Crippen LogP) is 0.386. The molecule has 1 aromatic heterocycles. The van der Waals surface area contributed by atoms with Gasteiger partial charge in [0.05, 0.1) is 6.20 Å². The zero-order valence-corrected chi connectivity index (χ0v) is 6.45. The van der Waals surface area contributed by atoms with Gasteiger partial charge in [-0.15, -0.1) is 0 Å². The second-order valence-electron chi connectivity index (χ2n) is 1.70. The van der Waals surface area contributed by atoms with Crippen LogP contribution in [-0.2, 0) is 9.59 Å². The molecule has 6 nitrogen and oxygen atoms in total. The standard InChI is InChI=1S/C4H4O4.C3H3NO/c5-3(6)1-2-4(7)8;1-2-4-5-3-1/h1-2H,(H,5,6)(H,7,8);1-3H/b2-1+;. The van der Waals surface area contributed by atoms with Crippen LogP contribution in [0.25, 0.3) is 0 Å². The van der Waals surface area contributed by atoms with Crippen molar-refractivity contribution in [1.29, 1.82) is 0 Å². The number of carboxylic acid groups (broad SMARTS) is 2. The molecule has 0 aromatic carbocycles. The Bertz CT molecular complexity index is 244. The molecule has 1 aromatic rings. The Morgan fingerprint density at radius 1 is 1.23 bits per heavy atom. The van der Waals surface area contributed by atoms with Crippen molar-refractivity contribution in [3.8, 4) is 0 Å². The Balaban J connectivity index is 0.000000243. The molecule has 70 valence electrons. The molecule has 1 rings (SSSR count). The first kappa shape index (κ1) is 10.9. The molecule has 0 unspecified atom stereocenters. The molecule has 0 saturated heterocycles. The molecule has 0 bridgehead atoms. The Kier molecular flexibility index (Phi) is 5.52. The number of hydrogen-bond acceptors (Lipinski definition) is 4. The zero-order valence-electron chi connectivity index (χ0n) is 6.45. The molecule has 13 heavy (non-hydrogen) atoms. The third kappa shape index (κ3) is 9.89. The van der Waals surface area contributed by atoms with Crippen molar-refractivity contribution in [2.45, 2.75) is 0 Å². The van der Waals surface area contributed by atoms with Crippen LogP contribution in [0.1, 0.15) is 0 Å². The van der Waals surface area contributed by atoms with Crippen molar-refractivity contribution < 1.29 is 24.3 Å². The highest BCUT2D eigenvalue weighted by molar-refractivity contribution is 5.89. The first-order chi connectivity index (χ1) is 6.13. The summed E-state index contributed by atoms with van der Waals surface area (Å²) < 4.78 is 4.33. The normalized spacial score (nSPS) is 8.92. The average molecular weight is 185 g/mol. The van der Waals surface area contributed by atoms with E-state index in [1.54, 1.807) is 12.3 Å². The molecule has 6 heteroatoms. The zero-order chi connectivity index (χ0) is 10.1. The summed E-state index contributed by atoms with van der Waals surface area (Å²) in [4.78, 5) is 19.1. The number of carboxylic acids is 2. The highest BCUT2D eigenvalue weighted by atomic mass is 16.5. The summed E-state index contributed by atoms with van der Waals surface area (Å²) in [5, 5.41) is 19.0. The molecule has 2 N–H and O–H groups in total. The third-order valence-electron chi connectivity index (χ3n) is 0.716.